The number of ketones is 1. The van der Waals surface area contributed by atoms with Gasteiger partial charge in [-0.3, -0.25) is 14.8 Å². The van der Waals surface area contributed by atoms with Gasteiger partial charge in [-0.05, 0) is 41.3 Å². The summed E-state index contributed by atoms with van der Waals surface area (Å²) in [5, 5.41) is 3.71. The predicted molar refractivity (Wildman–Crippen MR) is 116 cm³/mol. The lowest BCUT2D eigenvalue weighted by Gasteiger charge is -2.38. The van der Waals surface area contributed by atoms with E-state index >= 15 is 0 Å². The topological polar surface area (TPSA) is 54.4 Å². The highest BCUT2D eigenvalue weighted by molar-refractivity contribution is 6.21. The molecule has 0 spiro atoms. The van der Waals surface area contributed by atoms with Crippen LogP contribution in [0.15, 0.2) is 72.0 Å². The smallest absolute Gasteiger partial charge is 0.184 e. The van der Waals surface area contributed by atoms with Crippen molar-refractivity contribution >= 4 is 17.2 Å². The average Bonchev–Trinajstić information content (AvgIpc) is 2.77. The third kappa shape index (κ3) is 3.05. The largest absolute Gasteiger partial charge is 0.377 e. The zero-order valence-corrected chi connectivity index (χ0v) is 16.4. The van der Waals surface area contributed by atoms with Crippen molar-refractivity contribution in [1.82, 2.24) is 4.98 Å². The molecule has 5 rings (SSSR count). The molecule has 4 heteroatoms. The van der Waals surface area contributed by atoms with E-state index in [2.05, 4.69) is 53.6 Å². The fourth-order valence-corrected chi connectivity index (χ4v) is 4.59. The lowest BCUT2D eigenvalue weighted by molar-refractivity contribution is 0.1000. The van der Waals surface area contributed by atoms with Crippen molar-refractivity contribution in [3.63, 3.8) is 0 Å². The van der Waals surface area contributed by atoms with E-state index in [0.29, 0.717) is 0 Å². The maximum absolute atomic E-state index is 12.5. The van der Waals surface area contributed by atoms with Crippen LogP contribution in [0.2, 0.25) is 0 Å². The van der Waals surface area contributed by atoms with E-state index in [1.54, 1.807) is 0 Å². The molecule has 29 heavy (non-hydrogen) atoms. The predicted octanol–water partition coefficient (Wildman–Crippen LogP) is 4.97. The van der Waals surface area contributed by atoms with Crippen LogP contribution in [0.4, 0.5) is 5.69 Å². The van der Waals surface area contributed by atoms with Crippen molar-refractivity contribution < 1.29 is 4.79 Å². The summed E-state index contributed by atoms with van der Waals surface area (Å²) in [5.74, 6) is 0.129. The SMILES string of the molecule is CCCc1cccc(C2C3=NCC(=O)c4cccc(c43)NC2c2ccncc2)c1. The van der Waals surface area contributed by atoms with Crippen LogP contribution in [0, 0.1) is 0 Å². The zero-order chi connectivity index (χ0) is 19.8. The number of nitrogens with one attached hydrogen (secondary N) is 1. The summed E-state index contributed by atoms with van der Waals surface area (Å²) >= 11 is 0. The Hall–Kier alpha value is -3.27. The van der Waals surface area contributed by atoms with E-state index in [-0.39, 0.29) is 24.3 Å². The lowest BCUT2D eigenvalue weighted by atomic mass is 9.75. The summed E-state index contributed by atoms with van der Waals surface area (Å²) in [7, 11) is 0. The van der Waals surface area contributed by atoms with Gasteiger partial charge in [-0.15, -0.1) is 0 Å². The minimum Gasteiger partial charge on any atom is -0.377 e. The summed E-state index contributed by atoms with van der Waals surface area (Å²) < 4.78 is 0. The molecule has 0 saturated carbocycles. The summed E-state index contributed by atoms with van der Waals surface area (Å²) in [6.45, 7) is 2.42. The molecule has 3 heterocycles. The van der Waals surface area contributed by atoms with E-state index in [0.717, 1.165) is 35.4 Å². The number of rotatable bonds is 4. The zero-order valence-electron chi connectivity index (χ0n) is 16.4. The number of carbonyl (C=O) groups is 1. The molecule has 144 valence electrons. The Balaban J connectivity index is 1.71. The van der Waals surface area contributed by atoms with Crippen LogP contribution in [-0.2, 0) is 6.42 Å². The minimum absolute atomic E-state index is 0.0320. The van der Waals surface area contributed by atoms with E-state index in [4.69, 9.17) is 4.99 Å². The molecule has 0 bridgehead atoms. The number of pyridine rings is 1. The van der Waals surface area contributed by atoms with Crippen molar-refractivity contribution in [2.45, 2.75) is 31.7 Å². The van der Waals surface area contributed by atoms with Crippen LogP contribution < -0.4 is 5.32 Å². The molecule has 2 aliphatic rings. The molecule has 0 saturated heterocycles. The molecule has 2 atom stereocenters. The van der Waals surface area contributed by atoms with Gasteiger partial charge in [0.1, 0.15) is 6.54 Å². The van der Waals surface area contributed by atoms with Gasteiger partial charge in [0.25, 0.3) is 0 Å². The van der Waals surface area contributed by atoms with Crippen LogP contribution in [0.1, 0.15) is 57.9 Å². The number of aryl methyl sites for hydroxylation is 1. The number of hydrogen-bond donors (Lipinski definition) is 1. The van der Waals surface area contributed by atoms with Crippen LogP contribution in [0.5, 0.6) is 0 Å². The van der Waals surface area contributed by atoms with Crippen molar-refractivity contribution in [1.29, 1.82) is 0 Å². The Morgan fingerprint density at radius 1 is 1.03 bits per heavy atom. The van der Waals surface area contributed by atoms with Gasteiger partial charge >= 0.3 is 0 Å². The fraction of sp³-hybridized carbons (Fsp3) is 0.240. The minimum atomic E-state index is 0.0320. The highest BCUT2D eigenvalue weighted by Gasteiger charge is 2.39. The molecular formula is C25H23N3O. The summed E-state index contributed by atoms with van der Waals surface area (Å²) in [6.07, 6.45) is 5.84. The molecule has 0 amide bonds. The second kappa shape index (κ2) is 7.28. The number of anilines is 1. The number of aliphatic imine (C=N–C) groups is 1. The van der Waals surface area contributed by atoms with Crippen LogP contribution in [-0.4, -0.2) is 23.0 Å². The molecular weight excluding hydrogens is 358 g/mol. The molecule has 2 aliphatic heterocycles. The van der Waals surface area contributed by atoms with Crippen molar-refractivity contribution in [3.8, 4) is 0 Å². The van der Waals surface area contributed by atoms with Gasteiger partial charge in [-0.1, -0.05) is 49.7 Å². The van der Waals surface area contributed by atoms with Crippen molar-refractivity contribution in [2.75, 3.05) is 11.9 Å². The molecule has 3 aromatic rings. The van der Waals surface area contributed by atoms with Crippen LogP contribution in [0.25, 0.3) is 0 Å². The summed E-state index contributed by atoms with van der Waals surface area (Å²) in [6, 6.07) is 18.9. The highest BCUT2D eigenvalue weighted by atomic mass is 16.1. The quantitative estimate of drug-likeness (QED) is 0.694. The molecule has 1 N–H and O–H groups in total. The van der Waals surface area contributed by atoms with Crippen LogP contribution in [0.3, 0.4) is 0 Å². The van der Waals surface area contributed by atoms with Gasteiger partial charge in [0.15, 0.2) is 5.78 Å². The van der Waals surface area contributed by atoms with Crippen molar-refractivity contribution in [2.24, 2.45) is 4.99 Å². The Bertz CT molecular complexity index is 1100. The Morgan fingerprint density at radius 3 is 2.69 bits per heavy atom. The number of benzene rings is 2. The average molecular weight is 381 g/mol. The van der Waals surface area contributed by atoms with Crippen molar-refractivity contribution in [3.05, 3.63) is 94.8 Å². The number of hydrogen-bond acceptors (Lipinski definition) is 4. The Morgan fingerprint density at radius 2 is 1.86 bits per heavy atom. The van der Waals surface area contributed by atoms with Gasteiger partial charge in [0.2, 0.25) is 0 Å². The van der Waals surface area contributed by atoms with Gasteiger partial charge < -0.3 is 5.32 Å². The standard InChI is InChI=1S/C25H23N3O/c1-2-5-16-6-3-7-18(14-16)22-24(17-10-12-26-13-11-17)28-20-9-4-8-19-21(29)15-27-25(22)23(19)20/h3-4,6-14,22,24,28H,2,5,15H2,1H3. The molecule has 0 aliphatic carbocycles. The summed E-state index contributed by atoms with van der Waals surface area (Å²) in [4.78, 5) is 21.5. The van der Waals surface area contributed by atoms with E-state index in [9.17, 15) is 4.79 Å². The van der Waals surface area contributed by atoms with Gasteiger partial charge in [0.05, 0.1) is 17.7 Å². The van der Waals surface area contributed by atoms with E-state index < -0.39 is 0 Å². The second-order valence-corrected chi connectivity index (χ2v) is 7.73. The maximum atomic E-state index is 12.5. The molecule has 0 radical (unpaired) electrons. The molecule has 2 aromatic carbocycles. The van der Waals surface area contributed by atoms with E-state index in [1.807, 2.05) is 30.6 Å². The molecule has 2 unspecified atom stereocenters. The van der Waals surface area contributed by atoms with Gasteiger partial charge in [-0.25, -0.2) is 0 Å². The van der Waals surface area contributed by atoms with Crippen LogP contribution >= 0.6 is 0 Å². The third-order valence-electron chi connectivity index (χ3n) is 5.87. The van der Waals surface area contributed by atoms with Gasteiger partial charge in [0, 0.05) is 29.2 Å². The first kappa shape index (κ1) is 17.8. The van der Waals surface area contributed by atoms with E-state index in [1.165, 1.54) is 16.7 Å². The third-order valence-corrected chi connectivity index (χ3v) is 5.87. The monoisotopic (exact) mass is 381 g/mol. The Kier molecular flexibility index (Phi) is 4.47. The number of Topliss-reactive ketones (excluding diaryl/α,β-unsaturated/α-hetero) is 1. The number of nitrogens with zero attached hydrogens (tertiary/aromatic N) is 2. The Labute approximate surface area is 170 Å². The second-order valence-electron chi connectivity index (χ2n) is 7.73. The maximum Gasteiger partial charge on any atom is 0.184 e. The highest BCUT2D eigenvalue weighted by Crippen LogP contribution is 2.45. The normalized spacial score (nSPS) is 19.9. The molecule has 1 aromatic heterocycles. The first-order valence-electron chi connectivity index (χ1n) is 10.2. The number of aromatic nitrogens is 1. The first-order chi connectivity index (χ1) is 14.3. The van der Waals surface area contributed by atoms with Gasteiger partial charge in [-0.2, -0.15) is 0 Å². The lowest BCUT2D eigenvalue weighted by Crippen LogP contribution is -2.36. The summed E-state index contributed by atoms with van der Waals surface area (Å²) in [5.41, 5.74) is 7.50. The number of carbonyl (C=O) groups excluding carboxylic acids is 1. The fourth-order valence-electron chi connectivity index (χ4n) is 4.59. The molecule has 0 fully saturated rings. The molecule has 4 nitrogen and oxygen atoms in total. The first-order valence-corrected chi connectivity index (χ1v) is 10.2.